The highest BCUT2D eigenvalue weighted by atomic mass is 32.1. The molecule has 0 saturated heterocycles. The summed E-state index contributed by atoms with van der Waals surface area (Å²) in [7, 11) is 0. The Kier molecular flexibility index (Phi) is 3.47. The molecule has 0 aliphatic heterocycles. The molecule has 0 aliphatic rings. The van der Waals surface area contributed by atoms with Crippen molar-refractivity contribution in [1.29, 1.82) is 0 Å². The monoisotopic (exact) mass is 264 g/mol. The van der Waals surface area contributed by atoms with Gasteiger partial charge in [-0.3, -0.25) is 0 Å². The molecule has 0 N–H and O–H groups in total. The van der Waals surface area contributed by atoms with E-state index in [-0.39, 0.29) is 0 Å². The Morgan fingerprint density at radius 1 is 0.789 bits per heavy atom. The molecular weight excluding hydrogens is 248 g/mol. The fraction of sp³-hybridized carbons (Fsp3) is 0.111. The lowest BCUT2D eigenvalue weighted by Crippen LogP contribution is -1.90. The largest absolute Gasteiger partial charge is 0.141 e. The maximum Gasteiger partial charge on any atom is 0.0348 e. The Morgan fingerprint density at radius 2 is 1.53 bits per heavy atom. The van der Waals surface area contributed by atoms with Gasteiger partial charge >= 0.3 is 0 Å². The van der Waals surface area contributed by atoms with Gasteiger partial charge in [-0.1, -0.05) is 54.6 Å². The summed E-state index contributed by atoms with van der Waals surface area (Å²) in [5, 5.41) is 0. The van der Waals surface area contributed by atoms with Crippen LogP contribution in [-0.2, 0) is 6.42 Å². The lowest BCUT2D eigenvalue weighted by molar-refractivity contribution is 1.20. The number of thiophene rings is 1. The third kappa shape index (κ3) is 2.77. The van der Waals surface area contributed by atoms with E-state index in [0.29, 0.717) is 0 Å². The molecule has 3 aromatic rings. The molecule has 0 amide bonds. The van der Waals surface area contributed by atoms with Crippen LogP contribution < -0.4 is 0 Å². The van der Waals surface area contributed by atoms with Crippen LogP contribution in [0.2, 0.25) is 0 Å². The van der Waals surface area contributed by atoms with Crippen LogP contribution in [0.15, 0.2) is 66.7 Å². The standard InChI is InChI=1S/C18H16S/c1-14-11-12-18(19-14)17-10-6-5-9-16(17)13-15-7-3-2-4-8-15/h2-12H,13H2,1H3. The van der Waals surface area contributed by atoms with E-state index in [1.165, 1.54) is 26.4 Å². The van der Waals surface area contributed by atoms with Gasteiger partial charge in [0, 0.05) is 9.75 Å². The second-order valence-corrected chi connectivity index (χ2v) is 6.02. The zero-order chi connectivity index (χ0) is 13.1. The molecule has 0 unspecified atom stereocenters. The van der Waals surface area contributed by atoms with Gasteiger partial charge in [0.05, 0.1) is 0 Å². The predicted octanol–water partition coefficient (Wildman–Crippen LogP) is 5.31. The Labute approximate surface area is 118 Å². The molecule has 0 saturated carbocycles. The molecule has 1 heterocycles. The van der Waals surface area contributed by atoms with E-state index >= 15 is 0 Å². The molecular formula is C18H16S. The Hall–Kier alpha value is -1.86. The van der Waals surface area contributed by atoms with E-state index in [4.69, 9.17) is 0 Å². The second-order valence-electron chi connectivity index (χ2n) is 4.73. The van der Waals surface area contributed by atoms with Crippen molar-refractivity contribution in [2.75, 3.05) is 0 Å². The summed E-state index contributed by atoms with van der Waals surface area (Å²) in [4.78, 5) is 2.73. The number of hydrogen-bond acceptors (Lipinski definition) is 1. The molecule has 94 valence electrons. The van der Waals surface area contributed by atoms with Gasteiger partial charge in [-0.2, -0.15) is 0 Å². The summed E-state index contributed by atoms with van der Waals surface area (Å²) in [5.41, 5.74) is 4.13. The van der Waals surface area contributed by atoms with Crippen LogP contribution in [0.3, 0.4) is 0 Å². The van der Waals surface area contributed by atoms with E-state index in [9.17, 15) is 0 Å². The van der Waals surface area contributed by atoms with Crippen molar-refractivity contribution >= 4 is 11.3 Å². The average Bonchev–Trinajstić information content (AvgIpc) is 2.87. The normalized spacial score (nSPS) is 10.6. The number of hydrogen-bond donors (Lipinski definition) is 0. The highest BCUT2D eigenvalue weighted by molar-refractivity contribution is 7.15. The lowest BCUT2D eigenvalue weighted by Gasteiger charge is -2.08. The summed E-state index contributed by atoms with van der Waals surface area (Å²) in [6.07, 6.45) is 0.994. The highest BCUT2D eigenvalue weighted by Gasteiger charge is 2.07. The van der Waals surface area contributed by atoms with Gasteiger partial charge in [0.1, 0.15) is 0 Å². The van der Waals surface area contributed by atoms with Gasteiger partial charge in [-0.15, -0.1) is 11.3 Å². The predicted molar refractivity (Wildman–Crippen MR) is 83.7 cm³/mol. The number of aryl methyl sites for hydroxylation is 1. The van der Waals surface area contributed by atoms with Crippen molar-refractivity contribution < 1.29 is 0 Å². The molecule has 0 fully saturated rings. The van der Waals surface area contributed by atoms with Gasteiger partial charge < -0.3 is 0 Å². The van der Waals surface area contributed by atoms with E-state index in [0.717, 1.165) is 6.42 Å². The fourth-order valence-electron chi connectivity index (χ4n) is 2.31. The minimum Gasteiger partial charge on any atom is -0.141 e. The molecule has 0 bridgehead atoms. The smallest absolute Gasteiger partial charge is 0.0348 e. The van der Waals surface area contributed by atoms with Crippen LogP contribution in [-0.4, -0.2) is 0 Å². The maximum atomic E-state index is 2.23. The molecule has 1 aromatic heterocycles. The first kappa shape index (κ1) is 12.2. The Bertz CT molecular complexity index is 665. The van der Waals surface area contributed by atoms with Crippen LogP contribution in [0.1, 0.15) is 16.0 Å². The first-order valence-corrected chi connectivity index (χ1v) is 7.33. The molecule has 0 aliphatic carbocycles. The lowest BCUT2D eigenvalue weighted by atomic mass is 9.99. The Morgan fingerprint density at radius 3 is 2.26 bits per heavy atom. The van der Waals surface area contributed by atoms with Gasteiger partial charge in [0.2, 0.25) is 0 Å². The SMILES string of the molecule is Cc1ccc(-c2ccccc2Cc2ccccc2)s1. The van der Waals surface area contributed by atoms with Crippen molar-refractivity contribution in [2.24, 2.45) is 0 Å². The molecule has 2 aromatic carbocycles. The summed E-state index contributed by atoms with van der Waals surface area (Å²) in [5.74, 6) is 0. The summed E-state index contributed by atoms with van der Waals surface area (Å²) >= 11 is 1.87. The van der Waals surface area contributed by atoms with Crippen LogP contribution >= 0.6 is 11.3 Å². The third-order valence-electron chi connectivity index (χ3n) is 3.26. The third-order valence-corrected chi connectivity index (χ3v) is 4.29. The van der Waals surface area contributed by atoms with E-state index in [1.807, 2.05) is 11.3 Å². The minimum atomic E-state index is 0.994. The maximum absolute atomic E-state index is 2.23. The first-order valence-electron chi connectivity index (χ1n) is 6.51. The molecule has 0 nitrogen and oxygen atoms in total. The molecule has 0 spiro atoms. The van der Waals surface area contributed by atoms with Crippen LogP contribution in [0.5, 0.6) is 0 Å². The fourth-order valence-corrected chi connectivity index (χ4v) is 3.24. The average molecular weight is 264 g/mol. The minimum absolute atomic E-state index is 0.994. The second kappa shape index (κ2) is 5.41. The topological polar surface area (TPSA) is 0 Å². The number of rotatable bonds is 3. The van der Waals surface area contributed by atoms with Crippen molar-refractivity contribution in [1.82, 2.24) is 0 Å². The van der Waals surface area contributed by atoms with Crippen LogP contribution in [0, 0.1) is 6.92 Å². The van der Waals surface area contributed by atoms with Crippen LogP contribution in [0.25, 0.3) is 10.4 Å². The first-order chi connectivity index (χ1) is 9.33. The van der Waals surface area contributed by atoms with Gasteiger partial charge in [0.15, 0.2) is 0 Å². The quantitative estimate of drug-likeness (QED) is 0.601. The van der Waals surface area contributed by atoms with E-state index < -0.39 is 0 Å². The highest BCUT2D eigenvalue weighted by Crippen LogP contribution is 2.31. The zero-order valence-corrected chi connectivity index (χ0v) is 11.8. The summed E-state index contributed by atoms with van der Waals surface area (Å²) < 4.78 is 0. The van der Waals surface area contributed by atoms with Gasteiger partial charge in [0.25, 0.3) is 0 Å². The molecule has 19 heavy (non-hydrogen) atoms. The van der Waals surface area contributed by atoms with Crippen molar-refractivity contribution in [3.63, 3.8) is 0 Å². The van der Waals surface area contributed by atoms with Crippen molar-refractivity contribution in [3.05, 3.63) is 82.7 Å². The molecule has 3 rings (SSSR count). The molecule has 0 radical (unpaired) electrons. The summed E-state index contributed by atoms with van der Waals surface area (Å²) in [6.45, 7) is 2.16. The van der Waals surface area contributed by atoms with Gasteiger partial charge in [-0.25, -0.2) is 0 Å². The van der Waals surface area contributed by atoms with Crippen molar-refractivity contribution in [2.45, 2.75) is 13.3 Å². The van der Waals surface area contributed by atoms with E-state index in [1.54, 1.807) is 0 Å². The van der Waals surface area contributed by atoms with Crippen LogP contribution in [0.4, 0.5) is 0 Å². The Balaban J connectivity index is 1.98. The zero-order valence-electron chi connectivity index (χ0n) is 11.0. The summed E-state index contributed by atoms with van der Waals surface area (Å²) in [6, 6.07) is 23.8. The molecule has 0 atom stereocenters. The van der Waals surface area contributed by atoms with Gasteiger partial charge in [-0.05, 0) is 42.2 Å². The van der Waals surface area contributed by atoms with E-state index in [2.05, 4.69) is 73.7 Å². The number of benzene rings is 2. The molecule has 1 heteroatoms. The van der Waals surface area contributed by atoms with Crippen molar-refractivity contribution in [3.8, 4) is 10.4 Å².